The number of aromatic nitrogens is 4. The quantitative estimate of drug-likeness (QED) is 0.432. The molecule has 1 unspecified atom stereocenters. The van der Waals surface area contributed by atoms with Crippen LogP contribution < -0.4 is 17.0 Å². The number of carbonyl (C=O) groups excluding carboxylic acids is 2. The standard InChI is InChI=1S/C20H32N6O5/c1-11(2)7-14(21)19(29)31-9-13(8-30-18(28)12(3)4)5-6-26-10-23-15-16(26)24-20(22)25-17(15)27/h10-14H,5-9,21H2,1-4H3,(H3,22,24,25,27)/t13?,14-/m0/s1. The van der Waals surface area contributed by atoms with Gasteiger partial charge in [-0.3, -0.25) is 19.4 Å². The van der Waals surface area contributed by atoms with Crippen LogP contribution in [0.5, 0.6) is 0 Å². The normalized spacial score (nSPS) is 13.5. The third-order valence-corrected chi connectivity index (χ3v) is 4.69. The SMILES string of the molecule is CC(C)C[C@H](N)C(=O)OCC(CCn1cnc2c(=O)[nH]c(N)nc21)COC(=O)C(C)C. The maximum atomic E-state index is 12.2. The van der Waals surface area contributed by atoms with Crippen molar-refractivity contribution in [2.45, 2.75) is 53.1 Å². The summed E-state index contributed by atoms with van der Waals surface area (Å²) in [5.74, 6) is -1.09. The Bertz CT molecular complexity index is 951. The van der Waals surface area contributed by atoms with Gasteiger partial charge in [0.25, 0.3) is 5.56 Å². The van der Waals surface area contributed by atoms with Gasteiger partial charge in [-0.1, -0.05) is 27.7 Å². The van der Waals surface area contributed by atoms with Crippen molar-refractivity contribution in [3.63, 3.8) is 0 Å². The summed E-state index contributed by atoms with van der Waals surface area (Å²) < 4.78 is 12.4. The fourth-order valence-electron chi connectivity index (χ4n) is 2.95. The Hall–Kier alpha value is -2.95. The van der Waals surface area contributed by atoms with E-state index in [2.05, 4.69) is 15.0 Å². The van der Waals surface area contributed by atoms with Gasteiger partial charge in [0.1, 0.15) is 6.04 Å². The molecular formula is C20H32N6O5. The van der Waals surface area contributed by atoms with E-state index in [4.69, 9.17) is 20.9 Å². The average molecular weight is 437 g/mol. The number of hydrogen-bond donors (Lipinski definition) is 3. The molecule has 0 radical (unpaired) electrons. The van der Waals surface area contributed by atoms with Crippen LogP contribution >= 0.6 is 0 Å². The molecule has 2 aromatic heterocycles. The second-order valence-electron chi connectivity index (χ2n) is 8.37. The third kappa shape index (κ3) is 7.06. The molecular weight excluding hydrogens is 404 g/mol. The molecule has 31 heavy (non-hydrogen) atoms. The summed E-state index contributed by atoms with van der Waals surface area (Å²) >= 11 is 0. The summed E-state index contributed by atoms with van der Waals surface area (Å²) in [6, 6.07) is -0.699. The fraction of sp³-hybridized carbons (Fsp3) is 0.650. The number of H-pyrrole nitrogens is 1. The van der Waals surface area contributed by atoms with Crippen molar-refractivity contribution >= 4 is 29.1 Å². The molecule has 172 valence electrons. The van der Waals surface area contributed by atoms with Gasteiger partial charge in [0, 0.05) is 12.5 Å². The van der Waals surface area contributed by atoms with Crippen LogP contribution in [0.4, 0.5) is 5.95 Å². The highest BCUT2D eigenvalue weighted by Gasteiger charge is 2.21. The van der Waals surface area contributed by atoms with Crippen LogP contribution in [0.1, 0.15) is 40.5 Å². The van der Waals surface area contributed by atoms with Crippen molar-refractivity contribution in [2.24, 2.45) is 23.5 Å². The van der Waals surface area contributed by atoms with E-state index in [1.165, 1.54) is 6.33 Å². The maximum absolute atomic E-state index is 12.2. The number of nitrogens with two attached hydrogens (primary N) is 2. The number of nitrogens with zero attached hydrogens (tertiary/aromatic N) is 3. The minimum atomic E-state index is -0.699. The molecule has 0 spiro atoms. The van der Waals surface area contributed by atoms with Crippen molar-refractivity contribution in [2.75, 3.05) is 18.9 Å². The van der Waals surface area contributed by atoms with E-state index in [0.717, 1.165) is 0 Å². The number of aryl methyl sites for hydroxylation is 1. The van der Waals surface area contributed by atoms with Crippen molar-refractivity contribution in [1.82, 2.24) is 19.5 Å². The van der Waals surface area contributed by atoms with E-state index >= 15 is 0 Å². The van der Waals surface area contributed by atoms with Gasteiger partial charge in [-0.15, -0.1) is 0 Å². The fourth-order valence-corrected chi connectivity index (χ4v) is 2.95. The summed E-state index contributed by atoms with van der Waals surface area (Å²) in [5, 5.41) is 0. The van der Waals surface area contributed by atoms with Crippen LogP contribution in [0.3, 0.4) is 0 Å². The zero-order chi connectivity index (χ0) is 23.1. The number of nitrogens with one attached hydrogen (secondary N) is 1. The average Bonchev–Trinajstić information content (AvgIpc) is 3.09. The van der Waals surface area contributed by atoms with E-state index in [1.54, 1.807) is 18.4 Å². The first-order chi connectivity index (χ1) is 14.6. The van der Waals surface area contributed by atoms with E-state index in [1.807, 2.05) is 13.8 Å². The predicted octanol–water partition coefficient (Wildman–Crippen LogP) is 0.824. The number of rotatable bonds is 11. The first-order valence-corrected chi connectivity index (χ1v) is 10.4. The van der Waals surface area contributed by atoms with E-state index < -0.39 is 17.6 Å². The predicted molar refractivity (Wildman–Crippen MR) is 115 cm³/mol. The number of aromatic amines is 1. The van der Waals surface area contributed by atoms with Crippen molar-refractivity contribution < 1.29 is 19.1 Å². The first kappa shape index (κ1) is 24.3. The largest absolute Gasteiger partial charge is 0.465 e. The van der Waals surface area contributed by atoms with Gasteiger partial charge in [0.15, 0.2) is 11.2 Å². The number of carbonyl (C=O) groups is 2. The number of esters is 2. The summed E-state index contributed by atoms with van der Waals surface area (Å²) in [6.07, 6.45) is 2.50. The summed E-state index contributed by atoms with van der Waals surface area (Å²) in [6.45, 7) is 7.99. The maximum Gasteiger partial charge on any atom is 0.322 e. The molecule has 0 aliphatic rings. The molecule has 2 atom stereocenters. The summed E-state index contributed by atoms with van der Waals surface area (Å²) in [4.78, 5) is 46.6. The molecule has 0 fully saturated rings. The molecule has 2 heterocycles. The Labute approximate surface area is 180 Å². The summed E-state index contributed by atoms with van der Waals surface area (Å²) in [7, 11) is 0. The van der Waals surface area contributed by atoms with Gasteiger partial charge in [0.2, 0.25) is 5.95 Å². The van der Waals surface area contributed by atoms with Crippen molar-refractivity contribution in [3.05, 3.63) is 16.7 Å². The molecule has 0 aromatic carbocycles. The Balaban J connectivity index is 2.05. The van der Waals surface area contributed by atoms with Crippen molar-refractivity contribution in [1.29, 1.82) is 0 Å². The Morgan fingerprint density at radius 3 is 2.42 bits per heavy atom. The second kappa shape index (κ2) is 10.9. The minimum absolute atomic E-state index is 0.00488. The van der Waals surface area contributed by atoms with Gasteiger partial charge >= 0.3 is 11.9 Å². The molecule has 0 saturated heterocycles. The molecule has 0 aliphatic carbocycles. The highest BCUT2D eigenvalue weighted by molar-refractivity contribution is 5.75. The Morgan fingerprint density at radius 1 is 1.16 bits per heavy atom. The molecule has 11 nitrogen and oxygen atoms in total. The highest BCUT2D eigenvalue weighted by atomic mass is 16.5. The number of ether oxygens (including phenoxy) is 2. The highest BCUT2D eigenvalue weighted by Crippen LogP contribution is 2.14. The zero-order valence-electron chi connectivity index (χ0n) is 18.5. The van der Waals surface area contributed by atoms with Gasteiger partial charge in [-0.2, -0.15) is 4.98 Å². The van der Waals surface area contributed by atoms with Crippen LogP contribution in [0.2, 0.25) is 0 Å². The molecule has 0 saturated carbocycles. The van der Waals surface area contributed by atoms with E-state index in [-0.39, 0.29) is 48.4 Å². The second-order valence-corrected chi connectivity index (χ2v) is 8.37. The van der Waals surface area contributed by atoms with Crippen LogP contribution in [-0.4, -0.2) is 50.7 Å². The first-order valence-electron chi connectivity index (χ1n) is 10.4. The lowest BCUT2D eigenvalue weighted by molar-refractivity contribution is -0.152. The topological polar surface area (TPSA) is 168 Å². The number of imidazole rings is 1. The monoisotopic (exact) mass is 436 g/mol. The van der Waals surface area contributed by atoms with Crippen LogP contribution in [0, 0.1) is 17.8 Å². The number of anilines is 1. The molecule has 2 rings (SSSR count). The Kier molecular flexibility index (Phi) is 8.55. The third-order valence-electron chi connectivity index (χ3n) is 4.69. The number of hydrogen-bond acceptors (Lipinski definition) is 9. The van der Waals surface area contributed by atoms with Crippen LogP contribution in [-0.2, 0) is 25.6 Å². The lowest BCUT2D eigenvalue weighted by atomic mass is 10.0. The minimum Gasteiger partial charge on any atom is -0.465 e. The van der Waals surface area contributed by atoms with Crippen molar-refractivity contribution in [3.8, 4) is 0 Å². The smallest absolute Gasteiger partial charge is 0.322 e. The van der Waals surface area contributed by atoms with Gasteiger partial charge in [-0.25, -0.2) is 4.98 Å². The molecule has 11 heteroatoms. The van der Waals surface area contributed by atoms with Crippen LogP contribution in [0.15, 0.2) is 11.1 Å². The molecule has 0 aliphatic heterocycles. The van der Waals surface area contributed by atoms with E-state index in [9.17, 15) is 14.4 Å². The lowest BCUT2D eigenvalue weighted by Crippen LogP contribution is -2.35. The Morgan fingerprint density at radius 2 is 1.81 bits per heavy atom. The number of fused-ring (bicyclic) bond motifs is 1. The molecule has 5 N–H and O–H groups in total. The van der Waals surface area contributed by atoms with E-state index in [0.29, 0.717) is 25.0 Å². The number of nitrogen functional groups attached to an aromatic ring is 1. The van der Waals surface area contributed by atoms with Gasteiger partial charge in [-0.05, 0) is 18.8 Å². The van der Waals surface area contributed by atoms with Gasteiger partial charge in [0.05, 0.1) is 25.5 Å². The summed E-state index contributed by atoms with van der Waals surface area (Å²) in [5.41, 5.74) is 11.6. The zero-order valence-corrected chi connectivity index (χ0v) is 18.5. The molecule has 0 amide bonds. The molecule has 2 aromatic rings. The van der Waals surface area contributed by atoms with Crippen LogP contribution in [0.25, 0.3) is 11.2 Å². The van der Waals surface area contributed by atoms with Gasteiger partial charge < -0.3 is 25.5 Å². The lowest BCUT2D eigenvalue weighted by Gasteiger charge is -2.20. The molecule has 0 bridgehead atoms.